The van der Waals surface area contributed by atoms with Gasteiger partial charge in [0.05, 0.1) is 0 Å². The Morgan fingerprint density at radius 2 is 1.52 bits per heavy atom. The van der Waals surface area contributed by atoms with Crippen molar-refractivity contribution in [3.05, 3.63) is 24.3 Å². The molecule has 23 heavy (non-hydrogen) atoms. The Bertz CT molecular complexity index is 406. The van der Waals surface area contributed by atoms with Crippen LogP contribution >= 0.6 is 0 Å². The largest absolute Gasteiger partial charge is 0.373 e. The summed E-state index contributed by atoms with van der Waals surface area (Å²) < 4.78 is 25.5. The van der Waals surface area contributed by atoms with Crippen molar-refractivity contribution in [2.75, 3.05) is 0 Å². The van der Waals surface area contributed by atoms with Crippen molar-refractivity contribution in [3.63, 3.8) is 0 Å². The zero-order chi connectivity index (χ0) is 17.9. The van der Waals surface area contributed by atoms with Crippen LogP contribution < -0.4 is 0 Å². The number of alkyl halides is 2. The maximum atomic E-state index is 12.8. The average molecular weight is 328 g/mol. The first-order chi connectivity index (χ1) is 10.7. The van der Waals surface area contributed by atoms with Crippen molar-refractivity contribution >= 4 is 6.15 Å². The van der Waals surface area contributed by atoms with Gasteiger partial charge >= 0.3 is 6.15 Å². The lowest BCUT2D eigenvalue weighted by Gasteiger charge is -2.26. The standard InChI is InChI=1S/C9H14F2.C9H16.CO2/c1-7(2)8-4-3-5-9(10,11)6-8;1-8(2)9-6-4-3-5-7-9;2-1-3/h3-4,7-8H,5-6H2,1-2H3;4,6,8-9H,3,5,7H2,1-2H3;. The van der Waals surface area contributed by atoms with Gasteiger partial charge in [-0.05, 0) is 42.9 Å². The van der Waals surface area contributed by atoms with Gasteiger partial charge in [0.15, 0.2) is 0 Å². The zero-order valence-corrected chi connectivity index (χ0v) is 14.7. The Kier molecular flexibility index (Phi) is 10.7. The highest BCUT2D eigenvalue weighted by Gasteiger charge is 2.34. The molecule has 0 aromatic rings. The molecule has 2 aliphatic rings. The van der Waals surface area contributed by atoms with Gasteiger partial charge in [-0.25, -0.2) is 8.78 Å². The first-order valence-electron chi connectivity index (χ1n) is 8.44. The fraction of sp³-hybridized carbons (Fsp3) is 0.737. The number of halogens is 2. The second kappa shape index (κ2) is 11.3. The highest BCUT2D eigenvalue weighted by atomic mass is 19.3. The van der Waals surface area contributed by atoms with E-state index >= 15 is 0 Å². The SMILES string of the molecule is CC(C)C1C=CCC(F)(F)C1.CC(C)C1C=CCCC1.O=C=O. The topological polar surface area (TPSA) is 34.1 Å². The third kappa shape index (κ3) is 10.2. The summed E-state index contributed by atoms with van der Waals surface area (Å²) in [6.45, 7) is 8.58. The first-order valence-corrected chi connectivity index (χ1v) is 8.44. The lowest BCUT2D eigenvalue weighted by Crippen LogP contribution is -2.25. The molecule has 2 aliphatic carbocycles. The molecule has 0 spiro atoms. The van der Waals surface area contributed by atoms with Crippen LogP contribution in [-0.4, -0.2) is 12.1 Å². The molecule has 0 heterocycles. The molecule has 0 radical (unpaired) electrons. The fourth-order valence-corrected chi connectivity index (χ4v) is 2.76. The summed E-state index contributed by atoms with van der Waals surface area (Å²) >= 11 is 0. The maximum Gasteiger partial charge on any atom is 0.373 e. The molecule has 0 saturated carbocycles. The minimum atomic E-state index is -2.45. The summed E-state index contributed by atoms with van der Waals surface area (Å²) in [4.78, 5) is 16.2. The summed E-state index contributed by atoms with van der Waals surface area (Å²) in [5.41, 5.74) is 0. The second-order valence-electron chi connectivity index (χ2n) is 6.95. The van der Waals surface area contributed by atoms with Crippen LogP contribution in [0.2, 0.25) is 0 Å². The molecule has 0 fully saturated rings. The van der Waals surface area contributed by atoms with Crippen LogP contribution in [0.3, 0.4) is 0 Å². The van der Waals surface area contributed by atoms with E-state index in [1.165, 1.54) is 19.3 Å². The minimum Gasteiger partial charge on any atom is -0.207 e. The van der Waals surface area contributed by atoms with Crippen LogP contribution in [0.15, 0.2) is 24.3 Å². The van der Waals surface area contributed by atoms with Crippen molar-refractivity contribution in [1.29, 1.82) is 0 Å². The Morgan fingerprint density at radius 3 is 1.83 bits per heavy atom. The lowest BCUT2D eigenvalue weighted by molar-refractivity contribution is -0.191. The summed E-state index contributed by atoms with van der Waals surface area (Å²) in [6.07, 6.45) is 12.6. The van der Waals surface area contributed by atoms with Crippen LogP contribution in [0.1, 0.15) is 59.8 Å². The summed E-state index contributed by atoms with van der Waals surface area (Å²) in [5.74, 6) is -0.333. The van der Waals surface area contributed by atoms with Crippen LogP contribution in [0.4, 0.5) is 8.78 Å². The van der Waals surface area contributed by atoms with Crippen LogP contribution in [0, 0.1) is 23.7 Å². The molecular weight excluding hydrogens is 298 g/mol. The molecule has 0 aromatic carbocycles. The highest BCUT2D eigenvalue weighted by molar-refractivity contribution is 5.20. The predicted octanol–water partition coefficient (Wildman–Crippen LogP) is 5.66. The zero-order valence-electron chi connectivity index (χ0n) is 14.7. The molecule has 0 aliphatic heterocycles. The smallest absolute Gasteiger partial charge is 0.207 e. The Balaban J connectivity index is 0.000000365. The van der Waals surface area contributed by atoms with E-state index in [4.69, 9.17) is 9.59 Å². The van der Waals surface area contributed by atoms with E-state index in [0.29, 0.717) is 5.92 Å². The Labute approximate surface area is 139 Å². The van der Waals surface area contributed by atoms with Crippen molar-refractivity contribution in [2.24, 2.45) is 23.7 Å². The van der Waals surface area contributed by atoms with Gasteiger partial charge in [-0.1, -0.05) is 52.0 Å². The minimum absolute atomic E-state index is 0.0289. The molecule has 0 N–H and O–H groups in total. The normalized spacial score (nSPS) is 25.0. The molecule has 0 saturated heterocycles. The van der Waals surface area contributed by atoms with E-state index in [9.17, 15) is 8.78 Å². The quantitative estimate of drug-likeness (QED) is 0.613. The van der Waals surface area contributed by atoms with Gasteiger partial charge < -0.3 is 0 Å². The van der Waals surface area contributed by atoms with Crippen LogP contribution in [-0.2, 0) is 9.59 Å². The first kappa shape index (κ1) is 21.7. The van der Waals surface area contributed by atoms with Gasteiger partial charge in [0.1, 0.15) is 0 Å². The summed E-state index contributed by atoms with van der Waals surface area (Å²) in [6, 6.07) is 0. The number of allylic oxidation sites excluding steroid dienone is 4. The number of hydrogen-bond donors (Lipinski definition) is 0. The van der Waals surface area contributed by atoms with E-state index in [1.807, 2.05) is 19.9 Å². The monoisotopic (exact) mass is 328 g/mol. The number of hydrogen-bond acceptors (Lipinski definition) is 2. The predicted molar refractivity (Wildman–Crippen MR) is 88.0 cm³/mol. The molecule has 0 bridgehead atoms. The number of rotatable bonds is 2. The van der Waals surface area contributed by atoms with Gasteiger partial charge in [-0.3, -0.25) is 0 Å². The van der Waals surface area contributed by atoms with Crippen molar-refractivity contribution in [2.45, 2.75) is 65.7 Å². The molecule has 2 rings (SSSR count). The molecule has 4 heteroatoms. The lowest BCUT2D eigenvalue weighted by atomic mass is 9.85. The van der Waals surface area contributed by atoms with E-state index in [1.54, 1.807) is 6.08 Å². The van der Waals surface area contributed by atoms with E-state index < -0.39 is 5.92 Å². The van der Waals surface area contributed by atoms with Gasteiger partial charge in [-0.15, -0.1) is 0 Å². The van der Waals surface area contributed by atoms with Crippen molar-refractivity contribution in [1.82, 2.24) is 0 Å². The molecule has 2 unspecified atom stereocenters. The molecular formula is C19H30F2O2. The Hall–Kier alpha value is -1.28. The maximum absolute atomic E-state index is 12.8. The molecule has 2 nitrogen and oxygen atoms in total. The number of carbonyl (C=O) groups excluding carboxylic acids is 2. The van der Waals surface area contributed by atoms with Crippen molar-refractivity contribution in [3.8, 4) is 0 Å². The summed E-state index contributed by atoms with van der Waals surface area (Å²) in [5, 5.41) is 0. The highest BCUT2D eigenvalue weighted by Crippen LogP contribution is 2.35. The van der Waals surface area contributed by atoms with Gasteiger partial charge in [0, 0.05) is 12.8 Å². The van der Waals surface area contributed by atoms with Crippen LogP contribution in [0.5, 0.6) is 0 Å². The van der Waals surface area contributed by atoms with Crippen molar-refractivity contribution < 1.29 is 18.4 Å². The molecule has 2 atom stereocenters. The second-order valence-corrected chi connectivity index (χ2v) is 6.95. The molecule has 132 valence electrons. The van der Waals surface area contributed by atoms with Gasteiger partial charge in [0.25, 0.3) is 5.92 Å². The van der Waals surface area contributed by atoms with Gasteiger partial charge in [0.2, 0.25) is 0 Å². The molecule has 0 aromatic heterocycles. The fourth-order valence-electron chi connectivity index (χ4n) is 2.76. The third-order valence-electron chi connectivity index (χ3n) is 4.34. The third-order valence-corrected chi connectivity index (χ3v) is 4.34. The average Bonchev–Trinajstić information content (AvgIpc) is 2.48. The van der Waals surface area contributed by atoms with Crippen LogP contribution in [0.25, 0.3) is 0 Å². The van der Waals surface area contributed by atoms with E-state index in [2.05, 4.69) is 26.0 Å². The van der Waals surface area contributed by atoms with E-state index in [0.717, 1.165) is 11.8 Å². The van der Waals surface area contributed by atoms with E-state index in [-0.39, 0.29) is 24.9 Å². The molecule has 0 amide bonds. The Morgan fingerprint density at radius 1 is 1.00 bits per heavy atom. The summed E-state index contributed by atoms with van der Waals surface area (Å²) in [7, 11) is 0. The van der Waals surface area contributed by atoms with Gasteiger partial charge in [-0.2, -0.15) is 9.59 Å².